The van der Waals surface area contributed by atoms with Crippen molar-refractivity contribution in [3.8, 4) is 5.69 Å². The maximum absolute atomic E-state index is 12.8. The molecule has 4 N–H and O–H groups in total. The molecule has 0 aliphatic rings. The molecule has 1 amide bonds. The van der Waals surface area contributed by atoms with E-state index < -0.39 is 5.91 Å². The van der Waals surface area contributed by atoms with Gasteiger partial charge in [0.2, 0.25) is 0 Å². The number of halogens is 1. The summed E-state index contributed by atoms with van der Waals surface area (Å²) in [6.07, 6.45) is 5.62. The minimum absolute atomic E-state index is 0.122. The number of nitrogens with zero attached hydrogens (tertiary/aromatic N) is 4. The zero-order chi connectivity index (χ0) is 24.8. The average molecular weight is 477 g/mol. The summed E-state index contributed by atoms with van der Waals surface area (Å²) >= 11 is 6.16. The summed E-state index contributed by atoms with van der Waals surface area (Å²) in [6.45, 7) is 5.51. The largest absolute Gasteiger partial charge is 0.382 e. The summed E-state index contributed by atoms with van der Waals surface area (Å²) < 4.78 is 3.13. The minimum atomic E-state index is -0.584. The predicted octanol–water partition coefficient (Wildman–Crippen LogP) is 3.90. The van der Waals surface area contributed by atoms with Gasteiger partial charge >= 0.3 is 0 Å². The highest BCUT2D eigenvalue weighted by atomic mass is 35.5. The van der Waals surface area contributed by atoms with Gasteiger partial charge in [0.25, 0.3) is 11.5 Å². The zero-order valence-electron chi connectivity index (χ0n) is 18.9. The van der Waals surface area contributed by atoms with Crippen LogP contribution in [0.2, 0.25) is 5.02 Å². The summed E-state index contributed by atoms with van der Waals surface area (Å²) in [7, 11) is 1.69. The van der Waals surface area contributed by atoms with Gasteiger partial charge in [-0.2, -0.15) is 5.10 Å². The van der Waals surface area contributed by atoms with E-state index in [9.17, 15) is 9.59 Å². The van der Waals surface area contributed by atoms with Crippen LogP contribution in [-0.4, -0.2) is 25.2 Å². The summed E-state index contributed by atoms with van der Waals surface area (Å²) in [4.78, 5) is 28.4. The van der Waals surface area contributed by atoms with Crippen LogP contribution in [-0.2, 0) is 13.5 Å². The monoisotopic (exact) mass is 476 g/mol. The molecule has 0 saturated carbocycles. The topological polar surface area (TPSA) is 122 Å². The molecular weight excluding hydrogens is 452 g/mol. The van der Waals surface area contributed by atoms with Crippen molar-refractivity contribution in [1.29, 1.82) is 0 Å². The Morgan fingerprint density at radius 1 is 1.18 bits per heavy atom. The van der Waals surface area contributed by atoms with Crippen LogP contribution in [0, 0.1) is 0 Å². The molecule has 34 heavy (non-hydrogen) atoms. The van der Waals surface area contributed by atoms with Crippen LogP contribution >= 0.6 is 11.6 Å². The number of rotatable bonds is 5. The van der Waals surface area contributed by atoms with Gasteiger partial charge in [-0.1, -0.05) is 61.5 Å². The second-order valence-corrected chi connectivity index (χ2v) is 7.63. The lowest BCUT2D eigenvalue weighted by molar-refractivity contribution is 0.100. The molecule has 0 bridgehead atoms. The Kier molecular flexibility index (Phi) is 7.65. The van der Waals surface area contributed by atoms with Crippen LogP contribution in [0.1, 0.15) is 28.8 Å². The number of anilines is 1. The van der Waals surface area contributed by atoms with E-state index >= 15 is 0 Å². The summed E-state index contributed by atoms with van der Waals surface area (Å²) in [6, 6.07) is 14.8. The highest BCUT2D eigenvalue weighted by Crippen LogP contribution is 2.20. The molecule has 0 aliphatic heterocycles. The molecule has 0 radical (unpaired) electrons. The molecular formula is C25H25ClN6O2. The number of benzene rings is 2. The maximum atomic E-state index is 12.8. The van der Waals surface area contributed by atoms with E-state index in [0.717, 1.165) is 11.5 Å². The number of allylic oxidation sites excluding steroid dienone is 2. The lowest BCUT2D eigenvalue weighted by Gasteiger charge is -2.12. The number of primary amides is 1. The Labute approximate surface area is 201 Å². The third kappa shape index (κ3) is 4.92. The molecule has 2 aromatic heterocycles. The lowest BCUT2D eigenvalue weighted by Crippen LogP contribution is -2.23. The molecule has 0 unspecified atom stereocenters. The smallest absolute Gasteiger partial charge is 0.267 e. The number of hydrogen-bond donors (Lipinski definition) is 2. The van der Waals surface area contributed by atoms with E-state index in [-0.39, 0.29) is 16.9 Å². The number of aryl methyl sites for hydroxylation is 2. The minimum Gasteiger partial charge on any atom is -0.382 e. The first-order chi connectivity index (χ1) is 16.3. The first-order valence-electron chi connectivity index (χ1n) is 10.5. The number of carbonyl (C=O) groups is 1. The zero-order valence-corrected chi connectivity index (χ0v) is 19.7. The van der Waals surface area contributed by atoms with E-state index in [4.69, 9.17) is 23.1 Å². The second kappa shape index (κ2) is 10.6. The Hall–Kier alpha value is -4.17. The quantitative estimate of drug-likeness (QED) is 0.423. The van der Waals surface area contributed by atoms with E-state index in [0.29, 0.717) is 28.0 Å². The van der Waals surface area contributed by atoms with Gasteiger partial charge in [0, 0.05) is 13.5 Å². The molecule has 8 nitrogen and oxygen atoms in total. The summed E-state index contributed by atoms with van der Waals surface area (Å²) in [5.41, 5.74) is 12.8. The van der Waals surface area contributed by atoms with Gasteiger partial charge in [-0.3, -0.25) is 18.8 Å². The number of nitrogen functional groups attached to an aromatic ring is 1. The van der Waals surface area contributed by atoms with Gasteiger partial charge in [-0.25, -0.2) is 4.98 Å². The molecule has 4 aromatic rings. The number of amides is 1. The van der Waals surface area contributed by atoms with Crippen LogP contribution in [0.5, 0.6) is 0 Å². The summed E-state index contributed by atoms with van der Waals surface area (Å²) in [5.74, 6) is 0.291. The first-order valence-corrected chi connectivity index (χ1v) is 10.8. The van der Waals surface area contributed by atoms with Crippen molar-refractivity contribution in [2.75, 3.05) is 5.73 Å². The lowest BCUT2D eigenvalue weighted by atomic mass is 10.2. The van der Waals surface area contributed by atoms with Crippen molar-refractivity contribution in [3.05, 3.63) is 99.7 Å². The molecule has 2 heterocycles. The fraction of sp³-hybridized carbons (Fsp3) is 0.120. The predicted molar refractivity (Wildman–Crippen MR) is 137 cm³/mol. The Morgan fingerprint density at radius 2 is 1.88 bits per heavy atom. The molecule has 0 aliphatic carbocycles. The Balaban J connectivity index is 0.000000204. The van der Waals surface area contributed by atoms with Crippen LogP contribution in [0.15, 0.2) is 72.1 Å². The van der Waals surface area contributed by atoms with Crippen LogP contribution in [0.3, 0.4) is 0 Å². The second-order valence-electron chi connectivity index (χ2n) is 7.22. The molecule has 0 atom stereocenters. The van der Waals surface area contributed by atoms with Gasteiger partial charge in [-0.15, -0.1) is 0 Å². The standard InChI is InChI=1S/C16H13ClN2O.C9H12N4O/c1-2-14-18-13-10-6-9-12(17)15(13)16(20)19(14)11-7-4-3-5-8-11;1-3-4-5-6-7(9(11)14)8(10)12-13(6)2/h3-10H,2H2,1H3;3-5H,1H2,2H3,(H2,10,12)(H2,11,14)/b;5-4-. The molecule has 4 rings (SSSR count). The Bertz CT molecular complexity index is 1440. The van der Waals surface area contributed by atoms with Crippen molar-refractivity contribution in [1.82, 2.24) is 19.3 Å². The van der Waals surface area contributed by atoms with Crippen LogP contribution in [0.25, 0.3) is 22.7 Å². The number of para-hydroxylation sites is 1. The SMILES string of the molecule is C=C/C=C\c1c(C(N)=O)c(N)nn1C.CCc1nc2cccc(Cl)c2c(=O)n1-c1ccccc1. The van der Waals surface area contributed by atoms with Gasteiger partial charge in [-0.05, 0) is 30.3 Å². The molecule has 0 fully saturated rings. The number of aromatic nitrogens is 4. The molecule has 0 saturated heterocycles. The van der Waals surface area contributed by atoms with Crippen LogP contribution in [0.4, 0.5) is 5.82 Å². The van der Waals surface area contributed by atoms with E-state index in [1.165, 1.54) is 4.68 Å². The normalized spacial score (nSPS) is 10.8. The molecule has 0 spiro atoms. The average Bonchev–Trinajstić information content (AvgIpc) is 3.11. The van der Waals surface area contributed by atoms with Crippen molar-refractivity contribution < 1.29 is 4.79 Å². The van der Waals surface area contributed by atoms with Gasteiger partial charge in [0.05, 0.1) is 27.3 Å². The van der Waals surface area contributed by atoms with Crippen molar-refractivity contribution in [3.63, 3.8) is 0 Å². The van der Waals surface area contributed by atoms with Gasteiger partial charge < -0.3 is 11.5 Å². The molecule has 2 aromatic carbocycles. The maximum Gasteiger partial charge on any atom is 0.267 e. The molecule has 174 valence electrons. The Morgan fingerprint density at radius 3 is 2.50 bits per heavy atom. The number of carbonyl (C=O) groups excluding carboxylic acids is 1. The van der Waals surface area contributed by atoms with Crippen molar-refractivity contribution in [2.24, 2.45) is 12.8 Å². The summed E-state index contributed by atoms with van der Waals surface area (Å²) in [5, 5.41) is 4.80. The number of nitrogens with two attached hydrogens (primary N) is 2. The van der Waals surface area contributed by atoms with Crippen LogP contribution < -0.4 is 17.0 Å². The molecule has 9 heteroatoms. The van der Waals surface area contributed by atoms with E-state index in [1.54, 1.807) is 35.9 Å². The number of hydrogen-bond acceptors (Lipinski definition) is 5. The van der Waals surface area contributed by atoms with Gasteiger partial charge in [0.1, 0.15) is 11.4 Å². The highest BCUT2D eigenvalue weighted by molar-refractivity contribution is 6.35. The first kappa shape index (κ1) is 24.5. The third-order valence-electron chi connectivity index (χ3n) is 5.00. The number of fused-ring (bicyclic) bond motifs is 1. The van der Waals surface area contributed by atoms with Crippen molar-refractivity contribution >= 4 is 40.3 Å². The fourth-order valence-corrected chi connectivity index (χ4v) is 3.73. The van der Waals surface area contributed by atoms with Gasteiger partial charge in [0.15, 0.2) is 5.82 Å². The highest BCUT2D eigenvalue weighted by Gasteiger charge is 2.16. The third-order valence-corrected chi connectivity index (χ3v) is 5.32. The van der Waals surface area contributed by atoms with E-state index in [2.05, 4.69) is 16.7 Å². The van der Waals surface area contributed by atoms with E-state index in [1.807, 2.05) is 49.4 Å². The fourth-order valence-electron chi connectivity index (χ4n) is 3.48. The van der Waals surface area contributed by atoms with Crippen molar-refractivity contribution in [2.45, 2.75) is 13.3 Å².